The number of para-hydroxylation sites is 1. The molecule has 0 radical (unpaired) electrons. The lowest BCUT2D eigenvalue weighted by Gasteiger charge is -2.14. The first-order valence-corrected chi connectivity index (χ1v) is 7.66. The van der Waals surface area contributed by atoms with E-state index in [1.54, 1.807) is 0 Å². The van der Waals surface area contributed by atoms with Crippen LogP contribution in [0.1, 0.15) is 24.6 Å². The predicted octanol–water partition coefficient (Wildman–Crippen LogP) is 3.07. The number of aromatic nitrogens is 2. The van der Waals surface area contributed by atoms with Crippen molar-refractivity contribution in [3.63, 3.8) is 0 Å². The number of nitrogens with two attached hydrogens (primary N) is 2. The molecule has 4 N–H and O–H groups in total. The van der Waals surface area contributed by atoms with Crippen molar-refractivity contribution in [1.82, 2.24) is 9.97 Å². The van der Waals surface area contributed by atoms with Gasteiger partial charge in [0.25, 0.3) is 0 Å². The molecule has 0 saturated carbocycles. The summed E-state index contributed by atoms with van der Waals surface area (Å²) in [4.78, 5) is 7.87. The summed E-state index contributed by atoms with van der Waals surface area (Å²) in [6.45, 7) is 2.12. The van der Waals surface area contributed by atoms with Crippen LogP contribution in [0, 0.1) is 0 Å². The van der Waals surface area contributed by atoms with Gasteiger partial charge in [-0.3, -0.25) is 0 Å². The molecule has 0 spiro atoms. The molecule has 0 bridgehead atoms. The zero-order valence-corrected chi connectivity index (χ0v) is 13.6. The first-order valence-electron chi connectivity index (χ1n) is 7.66. The predicted molar refractivity (Wildman–Crippen MR) is 87.3 cm³/mol. The number of aryl methyl sites for hydroxylation is 1. The highest BCUT2D eigenvalue weighted by Gasteiger charge is 2.33. The molecule has 2 aromatic rings. The van der Waals surface area contributed by atoms with E-state index in [1.165, 1.54) is 18.2 Å². The van der Waals surface area contributed by atoms with Crippen LogP contribution in [-0.2, 0) is 12.6 Å². The molecule has 0 atom stereocenters. The highest BCUT2D eigenvalue weighted by molar-refractivity contribution is 5.51. The number of nitrogens with zero attached hydrogens (tertiary/aromatic N) is 2. The van der Waals surface area contributed by atoms with Crippen molar-refractivity contribution in [2.45, 2.75) is 25.9 Å². The summed E-state index contributed by atoms with van der Waals surface area (Å²) in [6.07, 6.45) is -3.54. The molecular weight excluding hydrogens is 337 g/mol. The fourth-order valence-corrected chi connectivity index (χ4v) is 2.17. The highest BCUT2D eigenvalue weighted by atomic mass is 19.4. The highest BCUT2D eigenvalue weighted by Crippen LogP contribution is 2.35. The minimum atomic E-state index is -4.46. The van der Waals surface area contributed by atoms with Gasteiger partial charge in [-0.25, -0.2) is 4.98 Å². The maximum absolute atomic E-state index is 12.9. The number of nitrogen functional groups attached to an aromatic ring is 2. The number of benzene rings is 1. The van der Waals surface area contributed by atoms with Crippen LogP contribution in [0.2, 0.25) is 0 Å². The van der Waals surface area contributed by atoms with Crippen molar-refractivity contribution in [3.8, 4) is 11.5 Å². The number of halogens is 3. The van der Waals surface area contributed by atoms with Gasteiger partial charge in [0.1, 0.15) is 5.75 Å². The summed E-state index contributed by atoms with van der Waals surface area (Å²) in [7, 11) is 0. The van der Waals surface area contributed by atoms with Gasteiger partial charge in [0.05, 0.1) is 24.5 Å². The minimum Gasteiger partial charge on any atom is -0.493 e. The maximum atomic E-state index is 12.9. The molecule has 0 aliphatic carbocycles. The van der Waals surface area contributed by atoms with Gasteiger partial charge in [-0.1, -0.05) is 19.1 Å². The number of anilines is 2. The fourth-order valence-electron chi connectivity index (χ4n) is 2.17. The van der Waals surface area contributed by atoms with Crippen molar-refractivity contribution >= 4 is 11.8 Å². The van der Waals surface area contributed by atoms with Crippen molar-refractivity contribution < 1.29 is 22.6 Å². The molecule has 0 unspecified atom stereocenters. The summed E-state index contributed by atoms with van der Waals surface area (Å²) in [5.41, 5.74) is 11.1. The average molecular weight is 356 g/mol. The van der Waals surface area contributed by atoms with E-state index in [2.05, 4.69) is 9.97 Å². The summed E-state index contributed by atoms with van der Waals surface area (Å²) in [5.74, 6) is 0.327. The van der Waals surface area contributed by atoms with Gasteiger partial charge < -0.3 is 20.9 Å². The Bertz CT molecular complexity index is 723. The average Bonchev–Trinajstić information content (AvgIpc) is 2.55. The zero-order valence-electron chi connectivity index (χ0n) is 13.6. The van der Waals surface area contributed by atoms with Crippen LogP contribution in [-0.4, -0.2) is 23.2 Å². The first kappa shape index (κ1) is 18.6. The molecular formula is C16H19F3N4O2. The van der Waals surface area contributed by atoms with Gasteiger partial charge in [0.15, 0.2) is 11.6 Å². The third-order valence-corrected chi connectivity index (χ3v) is 3.30. The second-order valence-electron chi connectivity index (χ2n) is 5.14. The topological polar surface area (TPSA) is 96.3 Å². The van der Waals surface area contributed by atoms with Crippen molar-refractivity contribution in [2.75, 3.05) is 24.7 Å². The lowest BCUT2D eigenvalue weighted by Crippen LogP contribution is -2.12. The molecule has 0 aliphatic rings. The third kappa shape index (κ3) is 4.88. The molecule has 2 rings (SSSR count). The number of rotatable bonds is 7. The third-order valence-electron chi connectivity index (χ3n) is 3.30. The van der Waals surface area contributed by atoms with E-state index in [0.717, 1.165) is 6.07 Å². The fraction of sp³-hybridized carbons (Fsp3) is 0.375. The Labute approximate surface area is 143 Å². The van der Waals surface area contributed by atoms with E-state index in [0.29, 0.717) is 24.3 Å². The quantitative estimate of drug-likeness (QED) is 0.740. The van der Waals surface area contributed by atoms with E-state index in [9.17, 15) is 13.2 Å². The number of hydrogen-bond acceptors (Lipinski definition) is 6. The first-order chi connectivity index (χ1) is 11.8. The van der Waals surface area contributed by atoms with Crippen LogP contribution in [0.15, 0.2) is 24.3 Å². The SMILES string of the molecule is CCc1nc(N)nc(N)c1OCCCOc1ccccc1C(F)(F)F. The van der Waals surface area contributed by atoms with Crippen molar-refractivity contribution in [3.05, 3.63) is 35.5 Å². The second kappa shape index (κ2) is 7.91. The Morgan fingerprint density at radius 2 is 1.72 bits per heavy atom. The molecule has 0 amide bonds. The van der Waals surface area contributed by atoms with Crippen molar-refractivity contribution in [1.29, 1.82) is 0 Å². The van der Waals surface area contributed by atoms with E-state index in [4.69, 9.17) is 20.9 Å². The van der Waals surface area contributed by atoms with E-state index >= 15 is 0 Å². The molecule has 1 aromatic carbocycles. The Morgan fingerprint density at radius 1 is 1.04 bits per heavy atom. The largest absolute Gasteiger partial charge is 0.493 e. The molecule has 9 heteroatoms. The van der Waals surface area contributed by atoms with Gasteiger partial charge in [0.2, 0.25) is 5.95 Å². The van der Waals surface area contributed by atoms with Gasteiger partial charge >= 0.3 is 6.18 Å². The van der Waals surface area contributed by atoms with Crippen LogP contribution >= 0.6 is 0 Å². The van der Waals surface area contributed by atoms with Crippen LogP contribution < -0.4 is 20.9 Å². The number of ether oxygens (including phenoxy) is 2. The standard InChI is InChI=1S/C16H19F3N4O2/c1-2-11-13(14(20)23-15(21)22-11)25-9-5-8-24-12-7-4-3-6-10(12)16(17,18)19/h3-4,6-7H,2,5,8-9H2,1H3,(H4,20,21,22,23). The van der Waals surface area contributed by atoms with Crippen molar-refractivity contribution in [2.24, 2.45) is 0 Å². The lowest BCUT2D eigenvalue weighted by atomic mass is 10.2. The Morgan fingerprint density at radius 3 is 2.40 bits per heavy atom. The summed E-state index contributed by atoms with van der Waals surface area (Å²) in [6, 6.07) is 5.06. The Balaban J connectivity index is 1.90. The second-order valence-corrected chi connectivity index (χ2v) is 5.14. The van der Waals surface area contributed by atoms with E-state index < -0.39 is 11.7 Å². The number of alkyl halides is 3. The van der Waals surface area contributed by atoms with Gasteiger partial charge in [-0.2, -0.15) is 18.2 Å². The van der Waals surface area contributed by atoms with Gasteiger partial charge in [-0.15, -0.1) is 0 Å². The molecule has 0 saturated heterocycles. The van der Waals surface area contributed by atoms with E-state index in [1.807, 2.05) is 6.92 Å². The lowest BCUT2D eigenvalue weighted by molar-refractivity contribution is -0.138. The summed E-state index contributed by atoms with van der Waals surface area (Å²) in [5, 5.41) is 0. The Kier molecular flexibility index (Phi) is 5.89. The smallest absolute Gasteiger partial charge is 0.419 e. The molecule has 0 fully saturated rings. The monoisotopic (exact) mass is 356 g/mol. The molecule has 1 aromatic heterocycles. The Hall–Kier alpha value is -2.71. The minimum absolute atomic E-state index is 0.0598. The van der Waals surface area contributed by atoms with E-state index in [-0.39, 0.29) is 30.7 Å². The molecule has 0 aliphatic heterocycles. The summed E-state index contributed by atoms with van der Waals surface area (Å²) < 4.78 is 49.4. The maximum Gasteiger partial charge on any atom is 0.419 e. The van der Waals surface area contributed by atoms with Crippen LogP contribution in [0.4, 0.5) is 24.9 Å². The van der Waals surface area contributed by atoms with Crippen LogP contribution in [0.3, 0.4) is 0 Å². The molecule has 136 valence electrons. The van der Waals surface area contributed by atoms with Crippen LogP contribution in [0.25, 0.3) is 0 Å². The van der Waals surface area contributed by atoms with Gasteiger partial charge in [0, 0.05) is 6.42 Å². The number of hydrogen-bond donors (Lipinski definition) is 2. The summed E-state index contributed by atoms with van der Waals surface area (Å²) >= 11 is 0. The molecule has 25 heavy (non-hydrogen) atoms. The van der Waals surface area contributed by atoms with Gasteiger partial charge in [-0.05, 0) is 18.6 Å². The normalized spacial score (nSPS) is 11.4. The molecule has 6 nitrogen and oxygen atoms in total. The van der Waals surface area contributed by atoms with Crippen LogP contribution in [0.5, 0.6) is 11.5 Å². The molecule has 1 heterocycles. The zero-order chi connectivity index (χ0) is 18.4.